The Hall–Kier alpha value is -2.76. The van der Waals surface area contributed by atoms with Crippen LogP contribution in [-0.2, 0) is 0 Å². The Bertz CT molecular complexity index is 839. The zero-order valence-electron chi connectivity index (χ0n) is 13.9. The van der Waals surface area contributed by atoms with Gasteiger partial charge in [-0.1, -0.05) is 30.1 Å². The first kappa shape index (κ1) is 15.7. The second-order valence-electron chi connectivity index (χ2n) is 6.24. The minimum atomic E-state index is -0.327. The van der Waals surface area contributed by atoms with Crippen LogP contribution < -0.4 is 4.90 Å². The molecule has 25 heavy (non-hydrogen) atoms. The topological polar surface area (TPSA) is 55.1 Å². The van der Waals surface area contributed by atoms with E-state index in [0.717, 1.165) is 24.5 Å². The molecule has 0 radical (unpaired) electrons. The van der Waals surface area contributed by atoms with Crippen LogP contribution in [0.2, 0.25) is 0 Å². The van der Waals surface area contributed by atoms with Gasteiger partial charge in [-0.2, -0.15) is 4.98 Å². The zero-order valence-corrected chi connectivity index (χ0v) is 13.9. The van der Waals surface area contributed by atoms with Gasteiger partial charge in [0, 0.05) is 24.8 Å². The summed E-state index contributed by atoms with van der Waals surface area (Å²) >= 11 is 0. The number of aromatic nitrogens is 3. The molecule has 128 valence electrons. The van der Waals surface area contributed by atoms with Gasteiger partial charge in [-0.3, -0.25) is 0 Å². The van der Waals surface area contributed by atoms with E-state index in [9.17, 15) is 4.39 Å². The molecule has 0 aliphatic carbocycles. The van der Waals surface area contributed by atoms with E-state index in [1.165, 1.54) is 37.8 Å². The average Bonchev–Trinajstić information content (AvgIpc) is 2.98. The van der Waals surface area contributed by atoms with Crippen LogP contribution in [0.3, 0.4) is 0 Å². The highest BCUT2D eigenvalue weighted by molar-refractivity contribution is 5.60. The molecule has 5 nitrogen and oxygen atoms in total. The number of nitrogens with zero attached hydrogens (tertiary/aromatic N) is 4. The molecule has 6 heteroatoms. The molecule has 0 N–H and O–H groups in total. The molecule has 0 saturated carbocycles. The predicted molar refractivity (Wildman–Crippen MR) is 93.6 cm³/mol. The van der Waals surface area contributed by atoms with Crippen molar-refractivity contribution in [1.82, 2.24) is 15.1 Å². The average molecular weight is 338 g/mol. The summed E-state index contributed by atoms with van der Waals surface area (Å²) in [5.74, 6) is 1.41. The Morgan fingerprint density at radius 3 is 2.52 bits per heavy atom. The number of rotatable bonds is 3. The maximum absolute atomic E-state index is 13.3. The van der Waals surface area contributed by atoms with Gasteiger partial charge < -0.3 is 9.42 Å². The molecule has 0 bridgehead atoms. The van der Waals surface area contributed by atoms with Crippen molar-refractivity contribution in [3.63, 3.8) is 0 Å². The quantitative estimate of drug-likeness (QED) is 0.712. The highest BCUT2D eigenvalue weighted by Gasteiger charge is 2.14. The van der Waals surface area contributed by atoms with E-state index < -0.39 is 0 Å². The minimum absolute atomic E-state index is 0.327. The summed E-state index contributed by atoms with van der Waals surface area (Å²) in [4.78, 5) is 11.2. The van der Waals surface area contributed by atoms with Crippen molar-refractivity contribution in [3.8, 4) is 22.8 Å². The monoisotopic (exact) mass is 338 g/mol. The van der Waals surface area contributed by atoms with E-state index in [1.807, 2.05) is 12.1 Å². The summed E-state index contributed by atoms with van der Waals surface area (Å²) in [5, 5.41) is 3.94. The van der Waals surface area contributed by atoms with E-state index in [2.05, 4.69) is 20.0 Å². The second kappa shape index (κ2) is 7.01. The van der Waals surface area contributed by atoms with Gasteiger partial charge in [0.1, 0.15) is 11.6 Å². The lowest BCUT2D eigenvalue weighted by Crippen LogP contribution is -2.24. The lowest BCUT2D eigenvalue weighted by molar-refractivity contribution is 0.432. The molecule has 4 rings (SSSR count). The maximum Gasteiger partial charge on any atom is 0.259 e. The molecule has 0 unspecified atom stereocenters. The Kier molecular flexibility index (Phi) is 4.41. The van der Waals surface area contributed by atoms with Crippen molar-refractivity contribution < 1.29 is 8.91 Å². The van der Waals surface area contributed by atoms with E-state index in [4.69, 9.17) is 4.52 Å². The summed E-state index contributed by atoms with van der Waals surface area (Å²) in [6.45, 7) is 2.10. The summed E-state index contributed by atoms with van der Waals surface area (Å²) in [7, 11) is 0. The van der Waals surface area contributed by atoms with Crippen molar-refractivity contribution in [2.24, 2.45) is 0 Å². The number of hydrogen-bond acceptors (Lipinski definition) is 5. The molecule has 3 aromatic rings. The number of hydrogen-bond donors (Lipinski definition) is 0. The molecule has 0 spiro atoms. The highest BCUT2D eigenvalue weighted by atomic mass is 19.1. The smallest absolute Gasteiger partial charge is 0.259 e. The van der Waals surface area contributed by atoms with Crippen LogP contribution in [0.25, 0.3) is 22.8 Å². The van der Waals surface area contributed by atoms with Gasteiger partial charge >= 0.3 is 0 Å². The fourth-order valence-electron chi connectivity index (χ4n) is 3.08. The lowest BCUT2D eigenvalue weighted by Gasteiger charge is -2.21. The second-order valence-corrected chi connectivity index (χ2v) is 6.24. The Labute approximate surface area is 145 Å². The van der Waals surface area contributed by atoms with Crippen molar-refractivity contribution in [2.75, 3.05) is 18.0 Å². The third-order valence-corrected chi connectivity index (χ3v) is 4.43. The molecule has 1 aliphatic heterocycles. The van der Waals surface area contributed by atoms with Gasteiger partial charge in [0.15, 0.2) is 0 Å². The maximum atomic E-state index is 13.3. The molecule has 1 saturated heterocycles. The van der Waals surface area contributed by atoms with E-state index >= 15 is 0 Å². The van der Waals surface area contributed by atoms with Crippen molar-refractivity contribution >= 4 is 5.82 Å². The first-order valence-electron chi connectivity index (χ1n) is 8.61. The Morgan fingerprint density at radius 1 is 0.960 bits per heavy atom. The molecule has 0 atom stereocenters. The molecule has 0 amide bonds. The largest absolute Gasteiger partial charge is 0.357 e. The van der Waals surface area contributed by atoms with E-state index in [-0.39, 0.29) is 5.82 Å². The normalized spacial score (nSPS) is 15.2. The number of benzene rings is 1. The first-order valence-corrected chi connectivity index (χ1v) is 8.61. The lowest BCUT2D eigenvalue weighted by atomic mass is 10.2. The van der Waals surface area contributed by atoms with Crippen LogP contribution in [0, 0.1) is 5.82 Å². The molecule has 2 aromatic heterocycles. The van der Waals surface area contributed by atoms with Crippen molar-refractivity contribution in [3.05, 3.63) is 48.4 Å². The number of halogens is 1. The highest BCUT2D eigenvalue weighted by Crippen LogP contribution is 2.24. The van der Waals surface area contributed by atoms with Crippen molar-refractivity contribution in [2.45, 2.75) is 25.7 Å². The van der Waals surface area contributed by atoms with E-state index in [1.54, 1.807) is 18.3 Å². The molecule has 1 aliphatic rings. The molecule has 1 fully saturated rings. The van der Waals surface area contributed by atoms with Crippen LogP contribution in [0.5, 0.6) is 0 Å². The van der Waals surface area contributed by atoms with Gasteiger partial charge in [0.25, 0.3) is 5.89 Å². The van der Waals surface area contributed by atoms with Gasteiger partial charge in [-0.15, -0.1) is 0 Å². The first-order chi connectivity index (χ1) is 12.3. The molecular formula is C19H19FN4O. The van der Waals surface area contributed by atoms with Crippen LogP contribution >= 0.6 is 0 Å². The van der Waals surface area contributed by atoms with Crippen LogP contribution in [0.15, 0.2) is 47.1 Å². The van der Waals surface area contributed by atoms with E-state index in [0.29, 0.717) is 17.3 Å². The predicted octanol–water partition coefficient (Wildman–Crippen LogP) is 4.32. The molecule has 1 aromatic carbocycles. The van der Waals surface area contributed by atoms with Crippen molar-refractivity contribution in [1.29, 1.82) is 0 Å². The van der Waals surface area contributed by atoms with Crippen LogP contribution in [0.4, 0.5) is 10.2 Å². The summed E-state index contributed by atoms with van der Waals surface area (Å²) in [6.07, 6.45) is 6.76. The van der Waals surface area contributed by atoms with Gasteiger partial charge in [0.05, 0.1) is 5.56 Å². The van der Waals surface area contributed by atoms with Gasteiger partial charge in [0.2, 0.25) is 5.82 Å². The minimum Gasteiger partial charge on any atom is -0.357 e. The third-order valence-electron chi connectivity index (χ3n) is 4.43. The standard InChI is InChI=1S/C19H19FN4O/c20-16-7-5-6-14(12-16)18-22-19(25-23-18)15-8-9-17(21-13-15)24-10-3-1-2-4-11-24/h5-9,12-13H,1-4,10-11H2. The fourth-order valence-corrected chi connectivity index (χ4v) is 3.08. The summed E-state index contributed by atoms with van der Waals surface area (Å²) in [5.41, 5.74) is 1.35. The number of pyridine rings is 1. The molecular weight excluding hydrogens is 319 g/mol. The van der Waals surface area contributed by atoms with Gasteiger partial charge in [-0.25, -0.2) is 9.37 Å². The van der Waals surface area contributed by atoms with Gasteiger partial charge in [-0.05, 0) is 37.1 Å². The Balaban J connectivity index is 1.54. The van der Waals surface area contributed by atoms with Crippen LogP contribution in [-0.4, -0.2) is 28.2 Å². The zero-order chi connectivity index (χ0) is 17.1. The summed E-state index contributed by atoms with van der Waals surface area (Å²) in [6, 6.07) is 10.1. The Morgan fingerprint density at radius 2 is 1.80 bits per heavy atom. The fraction of sp³-hybridized carbons (Fsp3) is 0.316. The third kappa shape index (κ3) is 3.52. The summed E-state index contributed by atoms with van der Waals surface area (Å²) < 4.78 is 18.6. The SMILES string of the molecule is Fc1cccc(-c2noc(-c3ccc(N4CCCCCC4)nc3)n2)c1. The van der Waals surface area contributed by atoms with Crippen LogP contribution in [0.1, 0.15) is 25.7 Å². The number of anilines is 1. The molecule has 3 heterocycles.